The van der Waals surface area contributed by atoms with Gasteiger partial charge in [0.15, 0.2) is 0 Å². The molecule has 0 fully saturated rings. The maximum absolute atomic E-state index is 12.2. The van der Waals surface area contributed by atoms with Crippen molar-refractivity contribution >= 4 is 17.8 Å². The van der Waals surface area contributed by atoms with E-state index in [9.17, 15) is 14.4 Å². The molecule has 23 heavy (non-hydrogen) atoms. The molecule has 0 aliphatic carbocycles. The Bertz CT molecular complexity index is 736. The zero-order chi connectivity index (χ0) is 17.0. The lowest BCUT2D eigenvalue weighted by Crippen LogP contribution is -2.43. The average Bonchev–Trinajstić information content (AvgIpc) is 2.89. The van der Waals surface area contributed by atoms with Crippen molar-refractivity contribution in [3.05, 3.63) is 47.7 Å². The van der Waals surface area contributed by atoms with Gasteiger partial charge in [0.2, 0.25) is 5.91 Å². The summed E-state index contributed by atoms with van der Waals surface area (Å²) in [6.07, 6.45) is -0.483. The van der Waals surface area contributed by atoms with Gasteiger partial charge in [0.05, 0.1) is 12.0 Å². The number of hydrogen-bond acceptors (Lipinski definition) is 4. The Kier molecular flexibility index (Phi) is 4.80. The lowest BCUT2D eigenvalue weighted by molar-refractivity contribution is -0.140. The quantitative estimate of drug-likeness (QED) is 0.741. The van der Waals surface area contributed by atoms with Gasteiger partial charge in [-0.25, -0.2) is 4.79 Å². The highest BCUT2D eigenvalue weighted by Gasteiger charge is 2.25. The van der Waals surface area contributed by atoms with Crippen molar-refractivity contribution in [2.24, 2.45) is 5.73 Å². The normalized spacial score (nSPS) is 11.7. The number of furan rings is 1. The van der Waals surface area contributed by atoms with Crippen molar-refractivity contribution in [1.82, 2.24) is 5.32 Å². The second kappa shape index (κ2) is 6.78. The molecule has 1 aromatic carbocycles. The number of carbonyl (C=O) groups excluding carboxylic acids is 2. The minimum atomic E-state index is -1.38. The Morgan fingerprint density at radius 1 is 1.26 bits per heavy atom. The van der Waals surface area contributed by atoms with Crippen LogP contribution < -0.4 is 11.1 Å². The molecule has 0 spiro atoms. The van der Waals surface area contributed by atoms with Crippen LogP contribution in [0.15, 0.2) is 40.8 Å². The molecule has 1 heterocycles. The number of aliphatic carboxylic acids is 1. The molecule has 2 aromatic rings. The largest absolute Gasteiger partial charge is 0.480 e. The monoisotopic (exact) mass is 316 g/mol. The maximum Gasteiger partial charge on any atom is 0.326 e. The number of carboxylic acids is 1. The Morgan fingerprint density at radius 2 is 1.91 bits per heavy atom. The summed E-state index contributed by atoms with van der Waals surface area (Å²) >= 11 is 0. The minimum absolute atomic E-state index is 0.208. The van der Waals surface area contributed by atoms with E-state index >= 15 is 0 Å². The van der Waals surface area contributed by atoms with Crippen molar-refractivity contribution in [3.63, 3.8) is 0 Å². The van der Waals surface area contributed by atoms with Crippen molar-refractivity contribution in [2.75, 3.05) is 0 Å². The molecule has 0 unspecified atom stereocenters. The van der Waals surface area contributed by atoms with Crippen LogP contribution in [-0.4, -0.2) is 28.9 Å². The molecular formula is C16H16N2O5. The van der Waals surface area contributed by atoms with Crippen molar-refractivity contribution < 1.29 is 23.9 Å². The second-order valence-electron chi connectivity index (χ2n) is 4.98. The van der Waals surface area contributed by atoms with Crippen molar-refractivity contribution in [1.29, 1.82) is 0 Å². The highest BCUT2D eigenvalue weighted by molar-refractivity contribution is 5.99. The van der Waals surface area contributed by atoms with Crippen LogP contribution in [0.25, 0.3) is 11.3 Å². The number of nitrogens with one attached hydrogen (secondary N) is 1. The fourth-order valence-corrected chi connectivity index (χ4v) is 2.09. The SMILES string of the molecule is Cc1oc(-c2ccccc2)cc1C(=O)N[C@@H](CC(N)=O)C(=O)O. The summed E-state index contributed by atoms with van der Waals surface area (Å²) in [7, 11) is 0. The molecule has 120 valence electrons. The number of benzene rings is 1. The van der Waals surface area contributed by atoms with Crippen LogP contribution in [0.5, 0.6) is 0 Å². The van der Waals surface area contributed by atoms with Gasteiger partial charge < -0.3 is 20.6 Å². The van der Waals surface area contributed by atoms with Crippen molar-refractivity contribution in [3.8, 4) is 11.3 Å². The first-order valence-electron chi connectivity index (χ1n) is 6.86. The number of rotatable bonds is 6. The molecule has 0 saturated carbocycles. The van der Waals surface area contributed by atoms with E-state index in [4.69, 9.17) is 15.3 Å². The van der Waals surface area contributed by atoms with Gasteiger partial charge in [-0.15, -0.1) is 0 Å². The number of carbonyl (C=O) groups is 3. The first-order chi connectivity index (χ1) is 10.9. The second-order valence-corrected chi connectivity index (χ2v) is 4.98. The molecule has 0 saturated heterocycles. The molecule has 0 aliphatic heterocycles. The Morgan fingerprint density at radius 3 is 2.48 bits per heavy atom. The number of aryl methyl sites for hydroxylation is 1. The predicted octanol–water partition coefficient (Wildman–Crippen LogP) is 1.31. The minimum Gasteiger partial charge on any atom is -0.480 e. The number of hydrogen-bond donors (Lipinski definition) is 3. The molecule has 0 bridgehead atoms. The van der Waals surface area contributed by atoms with Gasteiger partial charge in [-0.3, -0.25) is 9.59 Å². The number of carboxylic acid groups (broad SMARTS) is 1. The molecule has 2 rings (SSSR count). The lowest BCUT2D eigenvalue weighted by Gasteiger charge is -2.12. The van der Waals surface area contributed by atoms with Gasteiger partial charge in [-0.2, -0.15) is 0 Å². The Hall–Kier alpha value is -3.09. The first-order valence-corrected chi connectivity index (χ1v) is 6.86. The fraction of sp³-hybridized carbons (Fsp3) is 0.188. The molecular weight excluding hydrogens is 300 g/mol. The summed E-state index contributed by atoms with van der Waals surface area (Å²) in [4.78, 5) is 34.2. The third kappa shape index (κ3) is 3.97. The van der Waals surface area contributed by atoms with Crippen LogP contribution >= 0.6 is 0 Å². The summed E-state index contributed by atoms with van der Waals surface area (Å²) in [5.74, 6) is -1.94. The molecule has 0 radical (unpaired) electrons. The summed E-state index contributed by atoms with van der Waals surface area (Å²) < 4.78 is 5.55. The number of primary amides is 1. The molecule has 1 atom stereocenters. The van der Waals surface area contributed by atoms with Crippen molar-refractivity contribution in [2.45, 2.75) is 19.4 Å². The van der Waals surface area contributed by atoms with E-state index in [1.165, 1.54) is 6.07 Å². The summed E-state index contributed by atoms with van der Waals surface area (Å²) in [6, 6.07) is 9.33. The maximum atomic E-state index is 12.2. The molecule has 7 nitrogen and oxygen atoms in total. The lowest BCUT2D eigenvalue weighted by atomic mass is 10.1. The number of amides is 2. The van der Waals surface area contributed by atoms with E-state index in [-0.39, 0.29) is 5.56 Å². The third-order valence-corrected chi connectivity index (χ3v) is 3.23. The number of nitrogens with two attached hydrogens (primary N) is 1. The smallest absolute Gasteiger partial charge is 0.326 e. The average molecular weight is 316 g/mol. The van der Waals surface area contributed by atoms with Gasteiger partial charge in [0.1, 0.15) is 17.6 Å². The van der Waals surface area contributed by atoms with E-state index in [0.717, 1.165) is 5.56 Å². The first kappa shape index (κ1) is 16.3. The van der Waals surface area contributed by atoms with Crippen LogP contribution in [0.1, 0.15) is 22.5 Å². The van der Waals surface area contributed by atoms with Gasteiger partial charge in [0.25, 0.3) is 5.91 Å². The zero-order valence-electron chi connectivity index (χ0n) is 12.4. The summed E-state index contributed by atoms with van der Waals surface area (Å²) in [5.41, 5.74) is 5.98. The van der Waals surface area contributed by atoms with Gasteiger partial charge in [-0.05, 0) is 13.0 Å². The molecule has 1 aromatic heterocycles. The van der Waals surface area contributed by atoms with Crippen LogP contribution in [0.3, 0.4) is 0 Å². The molecule has 4 N–H and O–H groups in total. The topological polar surface area (TPSA) is 123 Å². The standard InChI is InChI=1S/C16H16N2O5/c1-9-11(7-13(23-9)10-5-3-2-4-6-10)15(20)18-12(16(21)22)8-14(17)19/h2-7,12H,8H2,1H3,(H2,17,19)(H,18,20)(H,21,22)/t12-/m0/s1. The van der Waals surface area contributed by atoms with Gasteiger partial charge in [-0.1, -0.05) is 30.3 Å². The molecule has 2 amide bonds. The van der Waals surface area contributed by atoms with Gasteiger partial charge in [0, 0.05) is 5.56 Å². The van der Waals surface area contributed by atoms with Crippen LogP contribution in [0.4, 0.5) is 0 Å². The summed E-state index contributed by atoms with van der Waals surface area (Å²) in [5, 5.41) is 11.3. The molecule has 0 aliphatic rings. The van der Waals surface area contributed by atoms with E-state index in [1.54, 1.807) is 6.92 Å². The van der Waals surface area contributed by atoms with E-state index in [1.807, 2.05) is 30.3 Å². The highest BCUT2D eigenvalue weighted by atomic mass is 16.4. The highest BCUT2D eigenvalue weighted by Crippen LogP contribution is 2.25. The van der Waals surface area contributed by atoms with E-state index in [0.29, 0.717) is 11.5 Å². The van der Waals surface area contributed by atoms with Crippen LogP contribution in [-0.2, 0) is 9.59 Å². The van der Waals surface area contributed by atoms with Gasteiger partial charge >= 0.3 is 5.97 Å². The van der Waals surface area contributed by atoms with Crippen LogP contribution in [0.2, 0.25) is 0 Å². The summed E-state index contributed by atoms with van der Waals surface area (Å²) in [6.45, 7) is 1.60. The Balaban J connectivity index is 2.21. The van der Waals surface area contributed by atoms with E-state index < -0.39 is 30.2 Å². The predicted molar refractivity (Wildman–Crippen MR) is 81.6 cm³/mol. The fourth-order valence-electron chi connectivity index (χ4n) is 2.09. The Labute approximate surface area is 132 Å². The van der Waals surface area contributed by atoms with E-state index in [2.05, 4.69) is 5.32 Å². The zero-order valence-corrected chi connectivity index (χ0v) is 12.4. The third-order valence-electron chi connectivity index (χ3n) is 3.23. The molecule has 7 heteroatoms. The van der Waals surface area contributed by atoms with Crippen LogP contribution in [0, 0.1) is 6.92 Å².